The van der Waals surface area contributed by atoms with E-state index in [1.807, 2.05) is 12.1 Å². The third-order valence-electron chi connectivity index (χ3n) is 3.60. The van der Waals surface area contributed by atoms with E-state index in [0.717, 1.165) is 5.69 Å². The molecule has 1 aliphatic rings. The fourth-order valence-corrected chi connectivity index (χ4v) is 2.81. The van der Waals surface area contributed by atoms with Crippen LogP contribution in [0.25, 0.3) is 0 Å². The predicted molar refractivity (Wildman–Crippen MR) is 74.6 cm³/mol. The average Bonchev–Trinajstić information content (AvgIpc) is 2.90. The molecule has 0 aromatic heterocycles. The number of oxime groups is 1. The van der Waals surface area contributed by atoms with Gasteiger partial charge in [0.15, 0.2) is 5.84 Å². The second-order valence-electron chi connectivity index (χ2n) is 4.70. The number of benzene rings is 1. The smallest absolute Gasteiger partial charge is 0.170 e. The molecule has 0 amide bonds. The van der Waals surface area contributed by atoms with Gasteiger partial charge in [-0.15, -0.1) is 0 Å². The first kappa shape index (κ1) is 13.0. The van der Waals surface area contributed by atoms with Crippen molar-refractivity contribution in [2.45, 2.75) is 31.7 Å². The van der Waals surface area contributed by atoms with Crippen molar-refractivity contribution in [2.24, 2.45) is 10.9 Å². The van der Waals surface area contributed by atoms with Crippen LogP contribution >= 0.6 is 11.6 Å². The second kappa shape index (κ2) is 5.48. The van der Waals surface area contributed by atoms with Crippen LogP contribution in [0.2, 0.25) is 5.02 Å². The van der Waals surface area contributed by atoms with E-state index in [4.69, 9.17) is 22.5 Å². The molecular formula is C13H18ClN3O. The molecule has 18 heavy (non-hydrogen) atoms. The van der Waals surface area contributed by atoms with Gasteiger partial charge in [-0.2, -0.15) is 0 Å². The Morgan fingerprint density at radius 2 is 2.11 bits per heavy atom. The van der Waals surface area contributed by atoms with Crippen molar-refractivity contribution in [1.29, 1.82) is 0 Å². The minimum absolute atomic E-state index is 0.0759. The fraction of sp³-hybridized carbons (Fsp3) is 0.462. The molecule has 0 bridgehead atoms. The van der Waals surface area contributed by atoms with Crippen molar-refractivity contribution < 1.29 is 5.21 Å². The summed E-state index contributed by atoms with van der Waals surface area (Å²) in [6, 6.07) is 6.05. The van der Waals surface area contributed by atoms with Gasteiger partial charge in [0.2, 0.25) is 0 Å². The van der Waals surface area contributed by atoms with E-state index in [-0.39, 0.29) is 5.84 Å². The SMILES string of the molecule is CN(c1ccc(C(N)=NO)cc1Cl)C1CCCC1. The maximum Gasteiger partial charge on any atom is 0.170 e. The lowest BCUT2D eigenvalue weighted by atomic mass is 10.1. The van der Waals surface area contributed by atoms with E-state index in [0.29, 0.717) is 16.6 Å². The Bertz CT molecular complexity index is 456. The average molecular weight is 268 g/mol. The summed E-state index contributed by atoms with van der Waals surface area (Å²) in [5.74, 6) is 0.0759. The monoisotopic (exact) mass is 267 g/mol. The zero-order chi connectivity index (χ0) is 13.1. The minimum atomic E-state index is 0.0759. The number of amidine groups is 1. The summed E-state index contributed by atoms with van der Waals surface area (Å²) in [4.78, 5) is 2.23. The van der Waals surface area contributed by atoms with Crippen LogP contribution < -0.4 is 10.6 Å². The third-order valence-corrected chi connectivity index (χ3v) is 3.91. The van der Waals surface area contributed by atoms with Gasteiger partial charge in [-0.05, 0) is 31.0 Å². The first-order chi connectivity index (χ1) is 8.63. The molecule has 0 heterocycles. The lowest BCUT2D eigenvalue weighted by molar-refractivity contribution is 0.318. The summed E-state index contributed by atoms with van der Waals surface area (Å²) in [5, 5.41) is 12.2. The Balaban J connectivity index is 2.23. The van der Waals surface area contributed by atoms with Crippen molar-refractivity contribution in [3.63, 3.8) is 0 Å². The molecule has 0 spiro atoms. The van der Waals surface area contributed by atoms with Gasteiger partial charge < -0.3 is 15.8 Å². The molecule has 4 nitrogen and oxygen atoms in total. The Hall–Kier alpha value is -1.42. The van der Waals surface area contributed by atoms with Gasteiger partial charge in [0.25, 0.3) is 0 Å². The van der Waals surface area contributed by atoms with Crippen molar-refractivity contribution in [3.8, 4) is 0 Å². The molecule has 2 rings (SSSR count). The quantitative estimate of drug-likeness (QED) is 0.383. The Morgan fingerprint density at radius 3 is 2.67 bits per heavy atom. The molecular weight excluding hydrogens is 250 g/mol. The van der Waals surface area contributed by atoms with Crippen molar-refractivity contribution in [2.75, 3.05) is 11.9 Å². The largest absolute Gasteiger partial charge is 0.409 e. The summed E-state index contributed by atoms with van der Waals surface area (Å²) >= 11 is 6.27. The van der Waals surface area contributed by atoms with Crippen LogP contribution in [-0.4, -0.2) is 24.1 Å². The molecule has 0 unspecified atom stereocenters. The number of halogens is 1. The van der Waals surface area contributed by atoms with Gasteiger partial charge in [-0.25, -0.2) is 0 Å². The molecule has 0 aliphatic heterocycles. The summed E-state index contributed by atoms with van der Waals surface area (Å²) in [6.45, 7) is 0. The highest BCUT2D eigenvalue weighted by Crippen LogP contribution is 2.32. The topological polar surface area (TPSA) is 61.8 Å². The van der Waals surface area contributed by atoms with Crippen LogP contribution in [0, 0.1) is 0 Å². The van der Waals surface area contributed by atoms with Gasteiger partial charge in [0.05, 0.1) is 10.7 Å². The lowest BCUT2D eigenvalue weighted by Gasteiger charge is -2.27. The summed E-state index contributed by atoms with van der Waals surface area (Å²) in [5.41, 5.74) is 7.17. The standard InChI is InChI=1S/C13H18ClN3O/c1-17(10-4-2-3-5-10)12-7-6-9(8-11(12)14)13(15)16-18/h6-8,10,18H,2-5H2,1H3,(H2,15,16). The highest BCUT2D eigenvalue weighted by Gasteiger charge is 2.21. The van der Waals surface area contributed by atoms with Crippen molar-refractivity contribution in [1.82, 2.24) is 0 Å². The van der Waals surface area contributed by atoms with E-state index in [1.165, 1.54) is 25.7 Å². The second-order valence-corrected chi connectivity index (χ2v) is 5.11. The molecule has 98 valence electrons. The maximum absolute atomic E-state index is 8.64. The molecule has 0 saturated heterocycles. The minimum Gasteiger partial charge on any atom is -0.409 e. The van der Waals surface area contributed by atoms with E-state index >= 15 is 0 Å². The lowest BCUT2D eigenvalue weighted by Crippen LogP contribution is -2.29. The van der Waals surface area contributed by atoms with E-state index in [2.05, 4.69) is 17.1 Å². The van der Waals surface area contributed by atoms with Crippen LogP contribution in [0.1, 0.15) is 31.2 Å². The zero-order valence-corrected chi connectivity index (χ0v) is 11.2. The van der Waals surface area contributed by atoms with Crippen LogP contribution in [0.5, 0.6) is 0 Å². The zero-order valence-electron chi connectivity index (χ0n) is 10.4. The molecule has 3 N–H and O–H groups in total. The number of nitrogens with two attached hydrogens (primary N) is 1. The molecule has 1 fully saturated rings. The van der Waals surface area contributed by atoms with Crippen LogP contribution in [0.3, 0.4) is 0 Å². The number of rotatable bonds is 3. The predicted octanol–water partition coefficient (Wildman–Crippen LogP) is 2.81. The normalized spacial score (nSPS) is 17.1. The van der Waals surface area contributed by atoms with E-state index in [9.17, 15) is 0 Å². The van der Waals surface area contributed by atoms with Gasteiger partial charge in [0, 0.05) is 18.7 Å². The first-order valence-electron chi connectivity index (χ1n) is 6.13. The number of hydrogen-bond acceptors (Lipinski definition) is 3. The van der Waals surface area contributed by atoms with Crippen LogP contribution in [0.4, 0.5) is 5.69 Å². The number of anilines is 1. The molecule has 1 aliphatic carbocycles. The Morgan fingerprint density at radius 1 is 1.44 bits per heavy atom. The van der Waals surface area contributed by atoms with Crippen LogP contribution in [0.15, 0.2) is 23.4 Å². The molecule has 1 aromatic rings. The van der Waals surface area contributed by atoms with Crippen molar-refractivity contribution >= 4 is 23.1 Å². The van der Waals surface area contributed by atoms with Crippen molar-refractivity contribution in [3.05, 3.63) is 28.8 Å². The number of nitrogens with zero attached hydrogens (tertiary/aromatic N) is 2. The molecule has 0 radical (unpaired) electrons. The van der Waals surface area contributed by atoms with Crippen LogP contribution in [-0.2, 0) is 0 Å². The van der Waals surface area contributed by atoms with Gasteiger partial charge in [0.1, 0.15) is 0 Å². The van der Waals surface area contributed by atoms with E-state index in [1.54, 1.807) is 6.07 Å². The van der Waals surface area contributed by atoms with Gasteiger partial charge in [-0.3, -0.25) is 0 Å². The third kappa shape index (κ3) is 2.53. The first-order valence-corrected chi connectivity index (χ1v) is 6.51. The fourth-order valence-electron chi connectivity index (χ4n) is 2.50. The maximum atomic E-state index is 8.64. The highest BCUT2D eigenvalue weighted by atomic mass is 35.5. The molecule has 5 heteroatoms. The molecule has 1 saturated carbocycles. The summed E-state index contributed by atoms with van der Waals surface area (Å²) in [7, 11) is 2.07. The highest BCUT2D eigenvalue weighted by molar-refractivity contribution is 6.33. The summed E-state index contributed by atoms with van der Waals surface area (Å²) < 4.78 is 0. The van der Waals surface area contributed by atoms with Gasteiger partial charge >= 0.3 is 0 Å². The Kier molecular flexibility index (Phi) is 3.97. The summed E-state index contributed by atoms with van der Waals surface area (Å²) in [6.07, 6.45) is 5.01. The Labute approximate surface area is 112 Å². The molecule has 0 atom stereocenters. The van der Waals surface area contributed by atoms with Gasteiger partial charge in [-0.1, -0.05) is 29.6 Å². The number of hydrogen-bond donors (Lipinski definition) is 2. The van der Waals surface area contributed by atoms with E-state index < -0.39 is 0 Å². The molecule has 1 aromatic carbocycles.